The molecule has 0 aromatic carbocycles. The molecule has 4 rings (SSSR count). The third kappa shape index (κ3) is 3.89. The number of carbonyl (C=O) groups excluding carboxylic acids is 1. The molecule has 1 N–H and O–H groups in total. The van der Waals surface area contributed by atoms with Crippen LogP contribution in [0.2, 0.25) is 0 Å². The number of carbonyl (C=O) groups is 1. The summed E-state index contributed by atoms with van der Waals surface area (Å²) in [5.41, 5.74) is 0.946. The second kappa shape index (κ2) is 7.47. The number of likely N-dealkylation sites (tertiary alicyclic amines) is 1. The fourth-order valence-electron chi connectivity index (χ4n) is 3.17. The molecule has 0 saturated carbocycles. The van der Waals surface area contributed by atoms with Gasteiger partial charge in [0.25, 0.3) is 5.91 Å². The molecule has 3 aromatic rings. The Morgan fingerprint density at radius 2 is 2.19 bits per heavy atom. The van der Waals surface area contributed by atoms with E-state index in [1.54, 1.807) is 29.7 Å². The first-order chi connectivity index (χ1) is 12.7. The molecular weight excluding hydrogens is 350 g/mol. The lowest BCUT2D eigenvalue weighted by Crippen LogP contribution is -2.44. The Morgan fingerprint density at radius 1 is 1.35 bits per heavy atom. The van der Waals surface area contributed by atoms with E-state index in [9.17, 15) is 4.79 Å². The van der Waals surface area contributed by atoms with Gasteiger partial charge < -0.3 is 14.2 Å². The molecule has 26 heavy (non-hydrogen) atoms. The van der Waals surface area contributed by atoms with Crippen molar-refractivity contribution in [2.75, 3.05) is 13.1 Å². The summed E-state index contributed by atoms with van der Waals surface area (Å²) in [5, 5.41) is 5.08. The number of nitrogens with one attached hydrogen (secondary N) is 1. The van der Waals surface area contributed by atoms with Crippen molar-refractivity contribution in [1.29, 1.82) is 0 Å². The first kappa shape index (κ1) is 17.1. The lowest BCUT2D eigenvalue weighted by atomic mass is 10.0. The number of hydrogen-bond donors (Lipinski definition) is 1. The van der Waals surface area contributed by atoms with Crippen LogP contribution in [0, 0.1) is 6.92 Å². The maximum atomic E-state index is 12.2. The zero-order chi connectivity index (χ0) is 17.9. The fourth-order valence-corrected chi connectivity index (χ4v) is 3.83. The Labute approximate surface area is 155 Å². The van der Waals surface area contributed by atoms with Gasteiger partial charge in [0.1, 0.15) is 12.0 Å². The highest BCUT2D eigenvalue weighted by Gasteiger charge is 2.23. The maximum Gasteiger partial charge on any atom is 0.287 e. The SMILES string of the molecule is Cc1ccc(C(=O)NC2CCN(Cc3coc(-c4cccs4)n3)CC2)o1. The predicted octanol–water partition coefficient (Wildman–Crippen LogP) is 3.70. The van der Waals surface area contributed by atoms with Crippen LogP contribution >= 0.6 is 11.3 Å². The van der Waals surface area contributed by atoms with Crippen molar-refractivity contribution in [3.05, 3.63) is 53.1 Å². The zero-order valence-electron chi connectivity index (χ0n) is 14.6. The second-order valence-electron chi connectivity index (χ2n) is 6.56. The number of oxazole rings is 1. The second-order valence-corrected chi connectivity index (χ2v) is 7.50. The molecule has 3 aromatic heterocycles. The van der Waals surface area contributed by atoms with Crippen molar-refractivity contribution >= 4 is 17.2 Å². The third-order valence-electron chi connectivity index (χ3n) is 4.56. The average molecular weight is 371 g/mol. The number of aromatic nitrogens is 1. The number of hydrogen-bond acceptors (Lipinski definition) is 6. The molecule has 1 aliphatic heterocycles. The largest absolute Gasteiger partial charge is 0.456 e. The predicted molar refractivity (Wildman–Crippen MR) is 99.0 cm³/mol. The molecule has 0 atom stereocenters. The Balaban J connectivity index is 1.27. The quantitative estimate of drug-likeness (QED) is 0.740. The molecule has 1 fully saturated rings. The average Bonchev–Trinajstić information content (AvgIpc) is 3.37. The molecule has 4 heterocycles. The van der Waals surface area contributed by atoms with Crippen LogP contribution in [-0.2, 0) is 6.54 Å². The molecule has 0 aliphatic carbocycles. The summed E-state index contributed by atoms with van der Waals surface area (Å²) < 4.78 is 11.0. The Hall–Kier alpha value is -2.38. The van der Waals surface area contributed by atoms with Crippen molar-refractivity contribution in [3.8, 4) is 10.8 Å². The van der Waals surface area contributed by atoms with Gasteiger partial charge in [-0.15, -0.1) is 11.3 Å². The van der Waals surface area contributed by atoms with Gasteiger partial charge in [-0.2, -0.15) is 0 Å². The van der Waals surface area contributed by atoms with E-state index in [0.29, 0.717) is 11.7 Å². The van der Waals surface area contributed by atoms with E-state index < -0.39 is 0 Å². The monoisotopic (exact) mass is 371 g/mol. The summed E-state index contributed by atoms with van der Waals surface area (Å²) in [6.45, 7) is 4.45. The van der Waals surface area contributed by atoms with Gasteiger partial charge in [0.15, 0.2) is 5.76 Å². The first-order valence-corrected chi connectivity index (χ1v) is 9.63. The molecule has 6 nitrogen and oxygen atoms in total. The standard InChI is InChI=1S/C19H21N3O3S/c1-13-4-5-16(25-13)18(23)20-14-6-8-22(9-7-14)11-15-12-24-19(21-15)17-3-2-10-26-17/h2-5,10,12,14H,6-9,11H2,1H3,(H,20,23). The van der Waals surface area contributed by atoms with Gasteiger partial charge >= 0.3 is 0 Å². The van der Waals surface area contributed by atoms with Crippen LogP contribution in [0.15, 0.2) is 44.7 Å². The van der Waals surface area contributed by atoms with Gasteiger partial charge in [-0.25, -0.2) is 4.98 Å². The van der Waals surface area contributed by atoms with E-state index >= 15 is 0 Å². The van der Waals surface area contributed by atoms with Gasteiger partial charge in [0.2, 0.25) is 5.89 Å². The molecule has 136 valence electrons. The third-order valence-corrected chi connectivity index (χ3v) is 5.41. The Bertz CT molecular complexity index is 860. The topological polar surface area (TPSA) is 71.5 Å². The van der Waals surface area contributed by atoms with E-state index in [1.807, 2.05) is 24.4 Å². The normalized spacial score (nSPS) is 16.0. The minimum atomic E-state index is -0.131. The van der Waals surface area contributed by atoms with Crippen molar-refractivity contribution < 1.29 is 13.6 Å². The molecular formula is C19H21N3O3S. The number of rotatable bonds is 5. The summed E-state index contributed by atoms with van der Waals surface area (Å²) in [4.78, 5) is 20.1. The maximum absolute atomic E-state index is 12.2. The van der Waals surface area contributed by atoms with Gasteiger partial charge in [0.05, 0.1) is 10.6 Å². The van der Waals surface area contributed by atoms with Crippen LogP contribution in [0.1, 0.15) is 34.9 Å². The van der Waals surface area contributed by atoms with Gasteiger partial charge in [-0.05, 0) is 43.3 Å². The molecule has 1 amide bonds. The highest BCUT2D eigenvalue weighted by Crippen LogP contribution is 2.24. The minimum Gasteiger partial charge on any atom is -0.456 e. The van der Waals surface area contributed by atoms with Crippen LogP contribution < -0.4 is 5.32 Å². The Kier molecular flexibility index (Phi) is 4.90. The number of amides is 1. The van der Waals surface area contributed by atoms with E-state index in [4.69, 9.17) is 8.83 Å². The van der Waals surface area contributed by atoms with Crippen LogP contribution in [-0.4, -0.2) is 34.9 Å². The van der Waals surface area contributed by atoms with Gasteiger partial charge in [0, 0.05) is 25.7 Å². The summed E-state index contributed by atoms with van der Waals surface area (Å²) >= 11 is 1.62. The van der Waals surface area contributed by atoms with Crippen LogP contribution in [0.3, 0.4) is 0 Å². The summed E-state index contributed by atoms with van der Waals surface area (Å²) in [5.74, 6) is 1.69. The lowest BCUT2D eigenvalue weighted by Gasteiger charge is -2.31. The van der Waals surface area contributed by atoms with Crippen molar-refractivity contribution in [2.45, 2.75) is 32.4 Å². The Morgan fingerprint density at radius 3 is 2.88 bits per heavy atom. The highest BCUT2D eigenvalue weighted by atomic mass is 32.1. The number of furan rings is 1. The smallest absolute Gasteiger partial charge is 0.287 e. The van der Waals surface area contributed by atoms with Crippen LogP contribution in [0.4, 0.5) is 0 Å². The number of thiophene rings is 1. The summed E-state index contributed by atoms with van der Waals surface area (Å²) in [6.07, 6.45) is 3.57. The minimum absolute atomic E-state index is 0.131. The number of nitrogens with zero attached hydrogens (tertiary/aromatic N) is 2. The molecule has 0 spiro atoms. The van der Waals surface area contributed by atoms with Crippen molar-refractivity contribution in [1.82, 2.24) is 15.2 Å². The number of aryl methyl sites for hydroxylation is 1. The van der Waals surface area contributed by atoms with E-state index in [0.717, 1.165) is 48.8 Å². The summed E-state index contributed by atoms with van der Waals surface area (Å²) in [7, 11) is 0. The molecule has 1 saturated heterocycles. The molecule has 0 radical (unpaired) electrons. The fraction of sp³-hybridized carbons (Fsp3) is 0.368. The van der Waals surface area contributed by atoms with E-state index in [2.05, 4.69) is 15.2 Å². The molecule has 0 bridgehead atoms. The van der Waals surface area contributed by atoms with Gasteiger partial charge in [-0.1, -0.05) is 6.07 Å². The molecule has 7 heteroatoms. The van der Waals surface area contributed by atoms with Gasteiger partial charge in [-0.3, -0.25) is 9.69 Å². The molecule has 1 aliphatic rings. The first-order valence-electron chi connectivity index (χ1n) is 8.75. The van der Waals surface area contributed by atoms with Crippen molar-refractivity contribution in [3.63, 3.8) is 0 Å². The van der Waals surface area contributed by atoms with Crippen molar-refractivity contribution in [2.24, 2.45) is 0 Å². The molecule has 0 unspecified atom stereocenters. The van der Waals surface area contributed by atoms with Crippen LogP contribution in [0.5, 0.6) is 0 Å². The lowest BCUT2D eigenvalue weighted by molar-refractivity contribution is 0.0879. The number of piperidine rings is 1. The van der Waals surface area contributed by atoms with Crippen LogP contribution in [0.25, 0.3) is 10.8 Å². The zero-order valence-corrected chi connectivity index (χ0v) is 15.4. The summed E-state index contributed by atoms with van der Waals surface area (Å²) in [6, 6.07) is 7.71. The van der Waals surface area contributed by atoms with E-state index in [-0.39, 0.29) is 11.9 Å². The van der Waals surface area contributed by atoms with E-state index in [1.165, 1.54) is 0 Å². The highest BCUT2D eigenvalue weighted by molar-refractivity contribution is 7.13.